The molecule has 0 spiro atoms. The van der Waals surface area contributed by atoms with Gasteiger partial charge in [-0.3, -0.25) is 4.79 Å². The molecule has 0 saturated carbocycles. The second kappa shape index (κ2) is 5.41. The molecule has 0 heterocycles. The molecule has 0 radical (unpaired) electrons. The van der Waals surface area contributed by atoms with Crippen molar-refractivity contribution in [2.75, 3.05) is 6.61 Å². The lowest BCUT2D eigenvalue weighted by Crippen LogP contribution is -2.28. The fourth-order valence-corrected chi connectivity index (χ4v) is 3.12. The number of rotatable bonds is 4. The lowest BCUT2D eigenvalue weighted by molar-refractivity contribution is -0.145. The van der Waals surface area contributed by atoms with Gasteiger partial charge in [-0.15, -0.1) is 0 Å². The van der Waals surface area contributed by atoms with Crippen molar-refractivity contribution in [1.82, 2.24) is 0 Å². The van der Waals surface area contributed by atoms with Crippen molar-refractivity contribution in [3.8, 4) is 0 Å². The number of esters is 1. The fourth-order valence-electron chi connectivity index (χ4n) is 3.12. The number of ether oxygens (including phenoxy) is 1. The summed E-state index contributed by atoms with van der Waals surface area (Å²) in [6.45, 7) is 4.04. The van der Waals surface area contributed by atoms with E-state index in [0.29, 0.717) is 6.61 Å². The highest BCUT2D eigenvalue weighted by Gasteiger charge is 2.59. The predicted molar refractivity (Wildman–Crippen MR) is 83.7 cm³/mol. The first-order chi connectivity index (χ1) is 10.6. The third kappa shape index (κ3) is 2.05. The molecule has 0 N–H and O–H groups in total. The van der Waals surface area contributed by atoms with Crippen LogP contribution in [0.25, 0.3) is 5.57 Å². The summed E-state index contributed by atoms with van der Waals surface area (Å²) in [5.41, 5.74) is 2.80. The second-order valence-electron chi connectivity index (χ2n) is 5.34. The van der Waals surface area contributed by atoms with E-state index < -0.39 is 5.41 Å². The zero-order valence-electron chi connectivity index (χ0n) is 12.6. The molecule has 2 aromatic carbocycles. The first-order valence-corrected chi connectivity index (χ1v) is 7.33. The van der Waals surface area contributed by atoms with E-state index in [4.69, 9.17) is 4.74 Å². The van der Waals surface area contributed by atoms with Gasteiger partial charge in [0.25, 0.3) is 0 Å². The van der Waals surface area contributed by atoms with Crippen LogP contribution in [-0.4, -0.2) is 12.6 Å². The Morgan fingerprint density at radius 2 is 1.73 bits per heavy atom. The zero-order valence-corrected chi connectivity index (χ0v) is 12.6. The summed E-state index contributed by atoms with van der Waals surface area (Å²) in [6.07, 6.45) is 0. The Balaban J connectivity index is 2.08. The van der Waals surface area contributed by atoms with Gasteiger partial charge in [-0.25, -0.2) is 4.39 Å². The Labute approximate surface area is 129 Å². The first-order valence-electron chi connectivity index (χ1n) is 7.33. The lowest BCUT2D eigenvalue weighted by atomic mass is 9.86. The molecule has 3 heteroatoms. The molecule has 3 rings (SSSR count). The summed E-state index contributed by atoms with van der Waals surface area (Å²) in [6, 6.07) is 15.8. The maximum absolute atomic E-state index is 13.2. The van der Waals surface area contributed by atoms with Crippen LogP contribution in [0.1, 0.15) is 25.0 Å². The summed E-state index contributed by atoms with van der Waals surface area (Å²) >= 11 is 0. The summed E-state index contributed by atoms with van der Waals surface area (Å²) in [5, 5.41) is 0. The van der Waals surface area contributed by atoms with Gasteiger partial charge in [0.15, 0.2) is 0 Å². The number of benzene rings is 2. The van der Waals surface area contributed by atoms with E-state index in [1.54, 1.807) is 19.1 Å². The Kier molecular flexibility index (Phi) is 3.57. The van der Waals surface area contributed by atoms with E-state index in [-0.39, 0.29) is 11.8 Å². The largest absolute Gasteiger partial charge is 0.465 e. The third-order valence-corrected chi connectivity index (χ3v) is 4.17. The molecule has 1 atom stereocenters. The third-order valence-electron chi connectivity index (χ3n) is 4.17. The molecule has 2 nitrogen and oxygen atoms in total. The van der Waals surface area contributed by atoms with Gasteiger partial charge in [0.2, 0.25) is 0 Å². The van der Waals surface area contributed by atoms with E-state index in [0.717, 1.165) is 22.3 Å². The molecule has 0 aliphatic heterocycles. The van der Waals surface area contributed by atoms with E-state index in [1.807, 2.05) is 37.3 Å². The van der Waals surface area contributed by atoms with E-state index >= 15 is 0 Å². The normalized spacial score (nSPS) is 20.0. The average Bonchev–Trinajstić information content (AvgIpc) is 3.16. The molecule has 1 unspecified atom stereocenters. The van der Waals surface area contributed by atoms with Gasteiger partial charge in [0, 0.05) is 0 Å². The van der Waals surface area contributed by atoms with Crippen molar-refractivity contribution in [1.29, 1.82) is 0 Å². The summed E-state index contributed by atoms with van der Waals surface area (Å²) in [7, 11) is 0. The molecule has 0 bridgehead atoms. The van der Waals surface area contributed by atoms with Crippen molar-refractivity contribution < 1.29 is 13.9 Å². The summed E-state index contributed by atoms with van der Waals surface area (Å²) in [4.78, 5) is 12.6. The molecular weight excluding hydrogens is 279 g/mol. The predicted octanol–water partition coefficient (Wildman–Crippen LogP) is 4.11. The Morgan fingerprint density at radius 1 is 1.09 bits per heavy atom. The molecule has 2 aromatic rings. The molecule has 0 aromatic heterocycles. The van der Waals surface area contributed by atoms with Crippen LogP contribution in [0.2, 0.25) is 0 Å². The Bertz CT molecular complexity index is 732. The smallest absolute Gasteiger partial charge is 0.325 e. The van der Waals surface area contributed by atoms with Crippen LogP contribution < -0.4 is 0 Å². The molecule has 112 valence electrons. The summed E-state index contributed by atoms with van der Waals surface area (Å²) in [5.74, 6) is -0.611. The van der Waals surface area contributed by atoms with Crippen LogP contribution in [0.15, 0.2) is 60.2 Å². The standard InChI is InChI=1S/C19H17FO2/c1-3-22-18(21)19(15-9-11-16(20)12-10-15)13(2)17(19)14-7-5-4-6-8-14/h4-12H,3H2,1-2H3. The van der Waals surface area contributed by atoms with E-state index in [2.05, 4.69) is 0 Å². The SMILES string of the molecule is CCOC(=O)C1(c2ccc(F)cc2)C(C)=C1c1ccccc1. The van der Waals surface area contributed by atoms with Crippen LogP contribution in [0.4, 0.5) is 4.39 Å². The number of halogens is 1. The number of hydrogen-bond donors (Lipinski definition) is 0. The van der Waals surface area contributed by atoms with Gasteiger partial charge in [-0.05, 0) is 48.3 Å². The van der Waals surface area contributed by atoms with Gasteiger partial charge in [-0.1, -0.05) is 42.5 Å². The quantitative estimate of drug-likeness (QED) is 0.794. The van der Waals surface area contributed by atoms with Gasteiger partial charge in [0.1, 0.15) is 11.2 Å². The van der Waals surface area contributed by atoms with Gasteiger partial charge in [-0.2, -0.15) is 0 Å². The van der Waals surface area contributed by atoms with Crippen molar-refractivity contribution in [3.63, 3.8) is 0 Å². The van der Waals surface area contributed by atoms with E-state index in [9.17, 15) is 9.18 Å². The van der Waals surface area contributed by atoms with Crippen molar-refractivity contribution in [2.24, 2.45) is 0 Å². The maximum Gasteiger partial charge on any atom is 0.325 e. The average molecular weight is 296 g/mol. The first kappa shape index (κ1) is 14.5. The van der Waals surface area contributed by atoms with Crippen molar-refractivity contribution in [3.05, 3.63) is 77.1 Å². The van der Waals surface area contributed by atoms with Crippen LogP contribution in [0.3, 0.4) is 0 Å². The van der Waals surface area contributed by atoms with Crippen LogP contribution in [0.5, 0.6) is 0 Å². The topological polar surface area (TPSA) is 26.3 Å². The van der Waals surface area contributed by atoms with Crippen LogP contribution >= 0.6 is 0 Å². The van der Waals surface area contributed by atoms with Crippen LogP contribution in [-0.2, 0) is 14.9 Å². The molecular formula is C19H17FO2. The van der Waals surface area contributed by atoms with Gasteiger partial charge < -0.3 is 4.74 Å². The highest BCUT2D eigenvalue weighted by atomic mass is 19.1. The molecule has 0 saturated heterocycles. The maximum atomic E-state index is 13.2. The van der Waals surface area contributed by atoms with Crippen molar-refractivity contribution >= 4 is 11.5 Å². The Morgan fingerprint density at radius 3 is 2.32 bits per heavy atom. The molecule has 0 amide bonds. The lowest BCUT2D eigenvalue weighted by Gasteiger charge is -2.19. The number of carbonyl (C=O) groups is 1. The highest BCUT2D eigenvalue weighted by Crippen LogP contribution is 2.60. The molecule has 0 fully saturated rings. The van der Waals surface area contributed by atoms with Gasteiger partial charge >= 0.3 is 5.97 Å². The highest BCUT2D eigenvalue weighted by molar-refractivity contribution is 6.15. The monoisotopic (exact) mass is 296 g/mol. The minimum absolute atomic E-state index is 0.294. The minimum Gasteiger partial charge on any atom is -0.465 e. The fraction of sp³-hybridized carbons (Fsp3) is 0.211. The van der Waals surface area contributed by atoms with Crippen molar-refractivity contribution in [2.45, 2.75) is 19.3 Å². The molecule has 1 aliphatic rings. The second-order valence-corrected chi connectivity index (χ2v) is 5.34. The van der Waals surface area contributed by atoms with Gasteiger partial charge in [0.05, 0.1) is 6.61 Å². The molecule has 22 heavy (non-hydrogen) atoms. The number of carbonyl (C=O) groups excluding carboxylic acids is 1. The van der Waals surface area contributed by atoms with Crippen LogP contribution in [0, 0.1) is 5.82 Å². The van der Waals surface area contributed by atoms with E-state index in [1.165, 1.54) is 12.1 Å². The molecule has 1 aliphatic carbocycles. The Hall–Kier alpha value is -2.42. The zero-order chi connectivity index (χ0) is 15.7. The minimum atomic E-state index is -0.870. The number of hydrogen-bond acceptors (Lipinski definition) is 2. The summed E-state index contributed by atoms with van der Waals surface area (Å²) < 4.78 is 18.5.